The topological polar surface area (TPSA) is 48.1 Å². The molecule has 5 nitrogen and oxygen atoms in total. The molecule has 2 heterocycles. The summed E-state index contributed by atoms with van der Waals surface area (Å²) in [5.74, 6) is 0.879. The van der Waals surface area contributed by atoms with Gasteiger partial charge in [0.15, 0.2) is 5.82 Å². The summed E-state index contributed by atoms with van der Waals surface area (Å²) in [5.41, 5.74) is 2.04. The maximum atomic E-state index is 6.06. The highest BCUT2D eigenvalue weighted by Gasteiger charge is 2.20. The number of piperazine rings is 1. The fraction of sp³-hybridized carbons (Fsp3) is 0.357. The molecule has 110 valence electrons. The molecule has 1 N–H and O–H groups in total. The molecule has 0 saturated carbocycles. The highest BCUT2D eigenvalue weighted by molar-refractivity contribution is 7.71. The van der Waals surface area contributed by atoms with Crippen molar-refractivity contribution >= 4 is 35.3 Å². The molecular weight excluding hydrogens is 306 g/mol. The zero-order valence-electron chi connectivity index (χ0n) is 11.7. The van der Waals surface area contributed by atoms with E-state index in [1.807, 2.05) is 25.1 Å². The number of aromatic amines is 1. The minimum absolute atomic E-state index is 0.424. The second-order valence-electron chi connectivity index (χ2n) is 5.00. The Morgan fingerprint density at radius 3 is 2.62 bits per heavy atom. The van der Waals surface area contributed by atoms with Gasteiger partial charge in [0.1, 0.15) is 5.69 Å². The predicted molar refractivity (Wildman–Crippen MR) is 87.8 cm³/mol. The maximum Gasteiger partial charge on any atom is 0.215 e. The van der Waals surface area contributed by atoms with Crippen LogP contribution < -0.4 is 9.80 Å². The van der Waals surface area contributed by atoms with E-state index >= 15 is 0 Å². The number of aromatic nitrogens is 3. The Bertz CT molecular complexity index is 694. The zero-order valence-corrected chi connectivity index (χ0v) is 13.3. The fourth-order valence-electron chi connectivity index (χ4n) is 2.53. The van der Waals surface area contributed by atoms with Gasteiger partial charge in [-0.25, -0.2) is 0 Å². The molecular formula is C14H16ClN5S. The smallest absolute Gasteiger partial charge is 0.215 e. The van der Waals surface area contributed by atoms with Crippen LogP contribution in [0, 0.1) is 11.7 Å². The van der Waals surface area contributed by atoms with Crippen LogP contribution in [0.5, 0.6) is 0 Å². The summed E-state index contributed by atoms with van der Waals surface area (Å²) in [4.78, 5) is 8.95. The van der Waals surface area contributed by atoms with E-state index in [-0.39, 0.29) is 0 Å². The molecule has 1 aromatic heterocycles. The van der Waals surface area contributed by atoms with Gasteiger partial charge in [0, 0.05) is 36.9 Å². The van der Waals surface area contributed by atoms with Crippen molar-refractivity contribution in [2.45, 2.75) is 6.92 Å². The molecule has 0 amide bonds. The molecule has 0 radical (unpaired) electrons. The van der Waals surface area contributed by atoms with Crippen LogP contribution in [0.15, 0.2) is 24.3 Å². The van der Waals surface area contributed by atoms with Crippen LogP contribution in [0.25, 0.3) is 0 Å². The second-order valence-corrected chi connectivity index (χ2v) is 5.83. The lowest BCUT2D eigenvalue weighted by Gasteiger charge is -2.37. The van der Waals surface area contributed by atoms with E-state index in [4.69, 9.17) is 23.8 Å². The number of halogens is 1. The average molecular weight is 322 g/mol. The van der Waals surface area contributed by atoms with Crippen LogP contribution in [0.3, 0.4) is 0 Å². The van der Waals surface area contributed by atoms with Crippen molar-refractivity contribution in [1.29, 1.82) is 0 Å². The Morgan fingerprint density at radius 1 is 1.19 bits per heavy atom. The van der Waals surface area contributed by atoms with E-state index in [0.717, 1.165) is 48.4 Å². The van der Waals surface area contributed by atoms with Crippen molar-refractivity contribution in [3.8, 4) is 0 Å². The first-order chi connectivity index (χ1) is 10.1. The van der Waals surface area contributed by atoms with Crippen LogP contribution in [0.1, 0.15) is 5.69 Å². The summed E-state index contributed by atoms with van der Waals surface area (Å²) in [6.45, 7) is 5.57. The van der Waals surface area contributed by atoms with Crippen LogP contribution in [0.2, 0.25) is 5.02 Å². The van der Waals surface area contributed by atoms with E-state index in [2.05, 4.69) is 31.0 Å². The van der Waals surface area contributed by atoms with Crippen LogP contribution in [0.4, 0.5) is 11.5 Å². The summed E-state index contributed by atoms with van der Waals surface area (Å²) < 4.78 is 0.424. The van der Waals surface area contributed by atoms with E-state index < -0.39 is 0 Å². The molecule has 0 bridgehead atoms. The molecule has 0 spiro atoms. The predicted octanol–water partition coefficient (Wildman–Crippen LogP) is 2.82. The van der Waals surface area contributed by atoms with Crippen molar-refractivity contribution in [1.82, 2.24) is 15.2 Å². The zero-order chi connectivity index (χ0) is 14.8. The quantitative estimate of drug-likeness (QED) is 0.862. The number of hydrogen-bond donors (Lipinski definition) is 1. The molecule has 1 fully saturated rings. The molecule has 7 heteroatoms. The first-order valence-corrected chi connectivity index (χ1v) is 7.61. The van der Waals surface area contributed by atoms with Crippen molar-refractivity contribution in [3.05, 3.63) is 39.8 Å². The third-order valence-corrected chi connectivity index (χ3v) is 4.02. The highest BCUT2D eigenvalue weighted by atomic mass is 35.5. The number of aryl methyl sites for hydroxylation is 1. The number of rotatable bonds is 2. The highest BCUT2D eigenvalue weighted by Crippen LogP contribution is 2.22. The monoisotopic (exact) mass is 321 g/mol. The Labute approximate surface area is 133 Å². The number of H-pyrrole nitrogens is 1. The molecule has 2 aromatic rings. The van der Waals surface area contributed by atoms with E-state index in [1.54, 1.807) is 0 Å². The number of anilines is 2. The van der Waals surface area contributed by atoms with Crippen molar-refractivity contribution in [2.75, 3.05) is 36.0 Å². The number of nitrogens with zero attached hydrogens (tertiary/aromatic N) is 4. The van der Waals surface area contributed by atoms with Gasteiger partial charge < -0.3 is 9.80 Å². The Balaban J connectivity index is 1.73. The lowest BCUT2D eigenvalue weighted by molar-refractivity contribution is 0.641. The lowest BCUT2D eigenvalue weighted by atomic mass is 10.2. The summed E-state index contributed by atoms with van der Waals surface area (Å²) in [5, 5.41) is 7.67. The van der Waals surface area contributed by atoms with Crippen LogP contribution in [-0.2, 0) is 0 Å². The lowest BCUT2D eigenvalue weighted by Crippen LogP contribution is -2.47. The first-order valence-electron chi connectivity index (χ1n) is 6.82. The van der Waals surface area contributed by atoms with Gasteiger partial charge in [-0.3, -0.25) is 5.10 Å². The SMILES string of the molecule is Cc1n[nH]c(=S)nc1N1CCN(c2cccc(Cl)c2)CC1. The normalized spacial score (nSPS) is 15.3. The van der Waals surface area contributed by atoms with Gasteiger partial charge in [-0.15, -0.1) is 0 Å². The molecule has 0 atom stereocenters. The molecule has 21 heavy (non-hydrogen) atoms. The van der Waals surface area contributed by atoms with Gasteiger partial charge in [0.05, 0.1) is 0 Å². The van der Waals surface area contributed by atoms with Gasteiger partial charge in [-0.2, -0.15) is 10.1 Å². The fourth-order valence-corrected chi connectivity index (χ4v) is 2.85. The molecule has 0 unspecified atom stereocenters. The number of benzene rings is 1. The van der Waals surface area contributed by atoms with Crippen molar-refractivity contribution < 1.29 is 0 Å². The van der Waals surface area contributed by atoms with Crippen LogP contribution in [-0.4, -0.2) is 41.4 Å². The summed E-state index contributed by atoms with van der Waals surface area (Å²) in [7, 11) is 0. The Morgan fingerprint density at radius 2 is 1.90 bits per heavy atom. The van der Waals surface area contributed by atoms with E-state index in [9.17, 15) is 0 Å². The third-order valence-electron chi connectivity index (χ3n) is 3.60. The molecule has 1 aliphatic heterocycles. The molecule has 0 aliphatic carbocycles. The van der Waals surface area contributed by atoms with E-state index in [0.29, 0.717) is 4.77 Å². The largest absolute Gasteiger partial charge is 0.368 e. The summed E-state index contributed by atoms with van der Waals surface area (Å²) >= 11 is 11.1. The molecule has 3 rings (SSSR count). The standard InChI is InChI=1S/C14H16ClN5S/c1-10-13(16-14(21)18-17-10)20-7-5-19(6-8-20)12-4-2-3-11(15)9-12/h2-4,9H,5-8H2,1H3,(H,16,18,21). The molecule has 1 aliphatic rings. The Kier molecular flexibility index (Phi) is 4.07. The van der Waals surface area contributed by atoms with Gasteiger partial charge in [-0.1, -0.05) is 17.7 Å². The Hall–Kier alpha value is -1.66. The average Bonchev–Trinajstić information content (AvgIpc) is 2.50. The van der Waals surface area contributed by atoms with Crippen LogP contribution >= 0.6 is 23.8 Å². The minimum atomic E-state index is 0.424. The maximum absolute atomic E-state index is 6.06. The van der Waals surface area contributed by atoms with Gasteiger partial charge in [-0.05, 0) is 37.3 Å². The second kappa shape index (κ2) is 5.99. The first kappa shape index (κ1) is 14.3. The number of hydrogen-bond acceptors (Lipinski definition) is 5. The van der Waals surface area contributed by atoms with Gasteiger partial charge in [0.25, 0.3) is 0 Å². The van der Waals surface area contributed by atoms with Gasteiger partial charge in [0.2, 0.25) is 4.77 Å². The van der Waals surface area contributed by atoms with Crippen molar-refractivity contribution in [2.24, 2.45) is 0 Å². The molecule has 1 saturated heterocycles. The number of nitrogens with one attached hydrogen (secondary N) is 1. The van der Waals surface area contributed by atoms with Crippen molar-refractivity contribution in [3.63, 3.8) is 0 Å². The summed E-state index contributed by atoms with van der Waals surface area (Å²) in [6.07, 6.45) is 0. The van der Waals surface area contributed by atoms with Gasteiger partial charge >= 0.3 is 0 Å². The van der Waals surface area contributed by atoms with E-state index in [1.165, 1.54) is 0 Å². The third kappa shape index (κ3) is 3.16. The summed E-state index contributed by atoms with van der Waals surface area (Å²) in [6, 6.07) is 7.97. The minimum Gasteiger partial charge on any atom is -0.368 e. The molecule has 1 aromatic carbocycles.